The molecule has 0 heterocycles. The fourth-order valence-corrected chi connectivity index (χ4v) is 8.40. The highest BCUT2D eigenvalue weighted by atomic mass is 31.2. The first kappa shape index (κ1) is 69.4. The second-order valence-corrected chi connectivity index (χ2v) is 20.2. The van der Waals surface area contributed by atoms with E-state index in [2.05, 4.69) is 135 Å². The number of ether oxygens (including phenoxy) is 2. The SMILES string of the molecule is CC/C=C\C/C=C\C/C=C\C/C=C\C/C=C\CCCCCCCCCCCCCCCCCCCC(=O)OC(COC(=O)CCCCC/C=C\C/C=C\C/C=C\C/C=C\C/C=C\CC)COP(=O)(O)OCCN. The number of unbranched alkanes of at least 4 members (excludes halogenated alkanes) is 20. The van der Waals surface area contributed by atoms with Gasteiger partial charge in [0.1, 0.15) is 6.61 Å². The molecule has 0 amide bonds. The molecule has 0 rings (SSSR count). The van der Waals surface area contributed by atoms with Crippen molar-refractivity contribution >= 4 is 19.8 Å². The van der Waals surface area contributed by atoms with E-state index in [1.54, 1.807) is 0 Å². The number of allylic oxidation sites excluding steroid dienone is 20. The van der Waals surface area contributed by atoms with Crippen molar-refractivity contribution < 1.29 is 37.6 Å². The Kier molecular flexibility index (Phi) is 54.8. The lowest BCUT2D eigenvalue weighted by molar-refractivity contribution is -0.161. The first-order valence-corrected chi connectivity index (χ1v) is 30.5. The summed E-state index contributed by atoms with van der Waals surface area (Å²) in [5.74, 6) is -0.869. The Labute approximate surface area is 447 Å². The van der Waals surface area contributed by atoms with Crippen LogP contribution in [0.4, 0.5) is 0 Å². The third kappa shape index (κ3) is 57.5. The van der Waals surface area contributed by atoms with Crippen molar-refractivity contribution in [2.75, 3.05) is 26.4 Å². The summed E-state index contributed by atoms with van der Waals surface area (Å²) in [5.41, 5.74) is 5.38. The molecule has 0 aromatic rings. The van der Waals surface area contributed by atoms with Crippen LogP contribution in [0.1, 0.15) is 232 Å². The lowest BCUT2D eigenvalue weighted by Crippen LogP contribution is -2.29. The van der Waals surface area contributed by atoms with Gasteiger partial charge in [0.2, 0.25) is 0 Å². The van der Waals surface area contributed by atoms with Gasteiger partial charge >= 0.3 is 19.8 Å². The Morgan fingerprint density at radius 2 is 0.712 bits per heavy atom. The first-order valence-electron chi connectivity index (χ1n) is 29.0. The van der Waals surface area contributed by atoms with Crippen LogP contribution in [0.2, 0.25) is 0 Å². The van der Waals surface area contributed by atoms with Gasteiger partial charge in [0.15, 0.2) is 6.10 Å². The highest BCUT2D eigenvalue weighted by Crippen LogP contribution is 2.43. The third-order valence-corrected chi connectivity index (χ3v) is 12.8. The molecular formula is C63H106NO8P. The number of hydrogen-bond acceptors (Lipinski definition) is 8. The zero-order chi connectivity index (χ0) is 53.1. The standard InChI is InChI=1S/C63H106NO8P/c1-3-5-7-9-11-13-15-17-19-21-23-24-25-26-27-28-29-30-31-32-33-34-35-36-38-40-42-44-46-48-50-52-54-56-63(66)72-61(60-71-73(67,68)70-58-57-64)59-69-62(65)55-53-51-49-47-45-43-41-39-37-22-20-18-16-14-12-10-8-6-4-2/h5-8,11-14,17-20,23-24,26-27,37,39,43,45,61H,3-4,9-10,15-16,21-22,25,28-36,38,40-42,44,46-60,64H2,1-2H3,(H,67,68)/b7-5-,8-6-,13-11-,14-12-,19-17-,20-18-,24-23-,27-26-,39-37-,45-43-. The molecule has 0 aliphatic rings. The molecule has 2 atom stereocenters. The Balaban J connectivity index is 3.98. The monoisotopic (exact) mass is 1040 g/mol. The summed E-state index contributed by atoms with van der Waals surface area (Å²) in [4.78, 5) is 35.2. The molecule has 0 fully saturated rings. The van der Waals surface area contributed by atoms with Gasteiger partial charge < -0.3 is 20.1 Å². The maximum absolute atomic E-state index is 12.7. The van der Waals surface area contributed by atoms with Crippen LogP contribution >= 0.6 is 7.82 Å². The van der Waals surface area contributed by atoms with Crippen molar-refractivity contribution in [3.8, 4) is 0 Å². The summed E-state index contributed by atoms with van der Waals surface area (Å²) in [7, 11) is -4.40. The summed E-state index contributed by atoms with van der Waals surface area (Å²) in [6.45, 7) is 3.47. The predicted molar refractivity (Wildman–Crippen MR) is 311 cm³/mol. The van der Waals surface area contributed by atoms with Gasteiger partial charge in [-0.3, -0.25) is 18.6 Å². The van der Waals surface area contributed by atoms with Crippen molar-refractivity contribution in [2.24, 2.45) is 5.73 Å². The Morgan fingerprint density at radius 3 is 1.07 bits per heavy atom. The van der Waals surface area contributed by atoms with E-state index in [-0.39, 0.29) is 32.6 Å². The zero-order valence-electron chi connectivity index (χ0n) is 46.3. The first-order chi connectivity index (χ1) is 35.8. The molecular weight excluding hydrogens is 930 g/mol. The van der Waals surface area contributed by atoms with Gasteiger partial charge in [0.25, 0.3) is 0 Å². The van der Waals surface area contributed by atoms with Gasteiger partial charge in [-0.05, 0) is 103 Å². The van der Waals surface area contributed by atoms with Crippen LogP contribution in [-0.2, 0) is 32.7 Å². The molecule has 0 aliphatic heterocycles. The fraction of sp³-hybridized carbons (Fsp3) is 0.651. The van der Waals surface area contributed by atoms with Gasteiger partial charge in [0.05, 0.1) is 13.2 Å². The van der Waals surface area contributed by atoms with Gasteiger partial charge in [-0.1, -0.05) is 238 Å². The minimum atomic E-state index is -4.40. The number of carbonyl (C=O) groups is 2. The molecule has 0 aliphatic carbocycles. The second kappa shape index (κ2) is 57.7. The van der Waals surface area contributed by atoms with Crippen LogP contribution in [0.25, 0.3) is 0 Å². The van der Waals surface area contributed by atoms with E-state index in [0.717, 1.165) is 103 Å². The molecule has 416 valence electrons. The maximum atomic E-state index is 12.7. The van der Waals surface area contributed by atoms with E-state index in [1.807, 2.05) is 0 Å². The van der Waals surface area contributed by atoms with Crippen molar-refractivity contribution in [3.05, 3.63) is 122 Å². The van der Waals surface area contributed by atoms with Crippen molar-refractivity contribution in [1.82, 2.24) is 0 Å². The molecule has 3 N–H and O–H groups in total. The number of esters is 2. The van der Waals surface area contributed by atoms with Crippen LogP contribution in [0.5, 0.6) is 0 Å². The number of phosphoric ester groups is 1. The number of rotatable bonds is 53. The third-order valence-electron chi connectivity index (χ3n) is 11.8. The molecule has 0 saturated heterocycles. The van der Waals surface area contributed by atoms with E-state index < -0.39 is 32.5 Å². The van der Waals surface area contributed by atoms with Gasteiger partial charge in [-0.25, -0.2) is 4.57 Å². The summed E-state index contributed by atoms with van der Waals surface area (Å²) in [6.07, 6.45) is 79.7. The molecule has 10 heteroatoms. The lowest BCUT2D eigenvalue weighted by atomic mass is 10.0. The summed E-state index contributed by atoms with van der Waals surface area (Å²) in [6, 6.07) is 0. The van der Waals surface area contributed by atoms with E-state index in [9.17, 15) is 19.0 Å². The maximum Gasteiger partial charge on any atom is 0.472 e. The van der Waals surface area contributed by atoms with Crippen molar-refractivity contribution in [3.63, 3.8) is 0 Å². The fourth-order valence-electron chi connectivity index (χ4n) is 7.63. The quantitative estimate of drug-likeness (QED) is 0.0264. The van der Waals surface area contributed by atoms with E-state index in [0.29, 0.717) is 12.8 Å². The molecule has 73 heavy (non-hydrogen) atoms. The Morgan fingerprint density at radius 1 is 0.411 bits per heavy atom. The summed E-state index contributed by atoms with van der Waals surface area (Å²) in [5, 5.41) is 0. The minimum absolute atomic E-state index is 0.0435. The van der Waals surface area contributed by atoms with E-state index in [4.69, 9.17) is 24.3 Å². The average Bonchev–Trinajstić information content (AvgIpc) is 3.38. The van der Waals surface area contributed by atoms with Crippen LogP contribution in [0.3, 0.4) is 0 Å². The molecule has 0 aromatic carbocycles. The van der Waals surface area contributed by atoms with Crippen LogP contribution in [0.15, 0.2) is 122 Å². The number of phosphoric acid groups is 1. The molecule has 0 saturated carbocycles. The van der Waals surface area contributed by atoms with Gasteiger partial charge in [-0.2, -0.15) is 0 Å². The molecule has 2 unspecified atom stereocenters. The predicted octanol–water partition coefficient (Wildman–Crippen LogP) is 18.4. The Bertz CT molecular complexity index is 1600. The number of nitrogens with two attached hydrogens (primary N) is 1. The normalized spacial score (nSPS) is 14.0. The second-order valence-electron chi connectivity index (χ2n) is 18.7. The minimum Gasteiger partial charge on any atom is -0.462 e. The summed E-state index contributed by atoms with van der Waals surface area (Å²) < 4.78 is 33.0. The highest BCUT2D eigenvalue weighted by Gasteiger charge is 2.26. The molecule has 0 radical (unpaired) electrons. The number of hydrogen-bond donors (Lipinski definition) is 2. The lowest BCUT2D eigenvalue weighted by Gasteiger charge is -2.19. The smallest absolute Gasteiger partial charge is 0.462 e. The molecule has 0 bridgehead atoms. The molecule has 9 nitrogen and oxygen atoms in total. The van der Waals surface area contributed by atoms with E-state index in [1.165, 1.54) is 89.9 Å². The molecule has 0 aromatic heterocycles. The van der Waals surface area contributed by atoms with Crippen molar-refractivity contribution in [2.45, 2.75) is 238 Å². The number of carbonyl (C=O) groups excluding carboxylic acids is 2. The van der Waals surface area contributed by atoms with E-state index >= 15 is 0 Å². The van der Waals surface area contributed by atoms with Gasteiger partial charge in [0, 0.05) is 19.4 Å². The topological polar surface area (TPSA) is 134 Å². The van der Waals surface area contributed by atoms with Crippen molar-refractivity contribution in [1.29, 1.82) is 0 Å². The van der Waals surface area contributed by atoms with Gasteiger partial charge in [-0.15, -0.1) is 0 Å². The van der Waals surface area contributed by atoms with Crippen LogP contribution < -0.4 is 5.73 Å². The zero-order valence-corrected chi connectivity index (χ0v) is 47.2. The largest absolute Gasteiger partial charge is 0.472 e. The molecule has 0 spiro atoms. The van der Waals surface area contributed by atoms with Crippen LogP contribution in [-0.4, -0.2) is 49.3 Å². The average molecular weight is 1040 g/mol. The Hall–Kier alpha value is -3.59. The van der Waals surface area contributed by atoms with Crippen LogP contribution in [0, 0.1) is 0 Å². The summed E-state index contributed by atoms with van der Waals surface area (Å²) >= 11 is 0. The highest BCUT2D eigenvalue weighted by molar-refractivity contribution is 7.47.